The van der Waals surface area contributed by atoms with Gasteiger partial charge in [0.05, 0.1) is 0 Å². The molecular weight excluding hydrogens is 269 g/mol. The monoisotopic (exact) mass is 283 g/mol. The van der Waals surface area contributed by atoms with Crippen molar-refractivity contribution in [2.45, 2.75) is 12.8 Å². The van der Waals surface area contributed by atoms with Crippen LogP contribution in [0.3, 0.4) is 0 Å². The van der Waals surface area contributed by atoms with E-state index in [9.17, 15) is 14.0 Å². The van der Waals surface area contributed by atoms with Gasteiger partial charge in [-0.05, 0) is 36.6 Å². The molecule has 0 bridgehead atoms. The molecule has 106 valence electrons. The van der Waals surface area contributed by atoms with Gasteiger partial charge in [0.25, 0.3) is 5.91 Å². The molecule has 1 amide bonds. The summed E-state index contributed by atoms with van der Waals surface area (Å²) in [6.07, 6.45) is 1.69. The highest BCUT2D eigenvalue weighted by atomic mass is 19.1. The number of halogens is 1. The third kappa shape index (κ3) is 2.70. The molecule has 0 aromatic heterocycles. The predicted molar refractivity (Wildman–Crippen MR) is 76.9 cm³/mol. The molecule has 0 saturated heterocycles. The molecule has 3 rings (SSSR count). The van der Waals surface area contributed by atoms with Crippen molar-refractivity contribution < 1.29 is 14.0 Å². The van der Waals surface area contributed by atoms with Gasteiger partial charge in [0, 0.05) is 23.2 Å². The lowest BCUT2D eigenvalue weighted by Crippen LogP contribution is -2.22. The number of ketones is 1. The average molecular weight is 283 g/mol. The second kappa shape index (κ2) is 5.48. The number of rotatable bonds is 2. The number of hydrogen-bond acceptors (Lipinski definition) is 2. The van der Waals surface area contributed by atoms with Crippen LogP contribution in [0.1, 0.15) is 38.3 Å². The summed E-state index contributed by atoms with van der Waals surface area (Å²) in [7, 11) is 0. The highest BCUT2D eigenvalue weighted by Crippen LogP contribution is 2.19. The zero-order valence-corrected chi connectivity index (χ0v) is 11.4. The van der Waals surface area contributed by atoms with Crippen molar-refractivity contribution in [3.63, 3.8) is 0 Å². The highest BCUT2D eigenvalue weighted by molar-refractivity contribution is 6.10. The molecule has 0 unspecified atom stereocenters. The molecule has 3 nitrogen and oxygen atoms in total. The van der Waals surface area contributed by atoms with Crippen molar-refractivity contribution in [2.24, 2.45) is 0 Å². The van der Waals surface area contributed by atoms with Gasteiger partial charge in [-0.25, -0.2) is 4.39 Å². The first-order valence-corrected chi connectivity index (χ1v) is 6.86. The molecule has 1 aliphatic heterocycles. The van der Waals surface area contributed by atoms with Crippen molar-refractivity contribution in [3.8, 4) is 0 Å². The Kier molecular flexibility index (Phi) is 3.52. The number of carbonyl (C=O) groups is 2. The highest BCUT2D eigenvalue weighted by Gasteiger charge is 2.18. The van der Waals surface area contributed by atoms with Crippen LogP contribution in [0, 0.1) is 5.82 Å². The van der Waals surface area contributed by atoms with Gasteiger partial charge in [-0.1, -0.05) is 24.3 Å². The number of fused-ring (bicyclic) bond motifs is 1. The first-order valence-electron chi connectivity index (χ1n) is 6.86. The largest absolute Gasteiger partial charge is 0.352 e. The zero-order chi connectivity index (χ0) is 14.8. The molecular formula is C17H14FNO2. The molecule has 2 aromatic rings. The summed E-state index contributed by atoms with van der Waals surface area (Å²) in [6, 6.07) is 10.7. The maximum atomic E-state index is 13.2. The molecule has 0 fully saturated rings. The van der Waals surface area contributed by atoms with Gasteiger partial charge in [-0.3, -0.25) is 9.59 Å². The van der Waals surface area contributed by atoms with E-state index in [0.717, 1.165) is 18.4 Å². The maximum absolute atomic E-state index is 13.2. The standard InChI is InChI=1S/C17H14FNO2/c18-14-5-1-3-12(9-14)16(20)13-7-6-11-4-2-8-19-17(21)15(11)10-13/h1,3,5-7,9-10H,2,4,8H2,(H,19,21). The summed E-state index contributed by atoms with van der Waals surface area (Å²) in [5.41, 5.74) is 2.16. The Morgan fingerprint density at radius 2 is 1.90 bits per heavy atom. The molecule has 2 aromatic carbocycles. The maximum Gasteiger partial charge on any atom is 0.251 e. The SMILES string of the molecule is O=C(c1cccc(F)c1)c1ccc2c(c1)C(=O)NCCC2. The number of carbonyl (C=O) groups excluding carboxylic acids is 2. The molecule has 4 heteroatoms. The van der Waals surface area contributed by atoms with Gasteiger partial charge in [-0.2, -0.15) is 0 Å². The fourth-order valence-electron chi connectivity index (χ4n) is 2.52. The summed E-state index contributed by atoms with van der Waals surface area (Å²) in [6.45, 7) is 0.640. The average Bonchev–Trinajstić information content (AvgIpc) is 2.68. The molecule has 0 atom stereocenters. The summed E-state index contributed by atoms with van der Waals surface area (Å²) >= 11 is 0. The van der Waals surface area contributed by atoms with E-state index >= 15 is 0 Å². The van der Waals surface area contributed by atoms with Gasteiger partial charge in [-0.15, -0.1) is 0 Å². The van der Waals surface area contributed by atoms with Crippen LogP contribution in [0.2, 0.25) is 0 Å². The van der Waals surface area contributed by atoms with E-state index < -0.39 is 5.82 Å². The second-order valence-electron chi connectivity index (χ2n) is 5.07. The quantitative estimate of drug-likeness (QED) is 0.861. The van der Waals surface area contributed by atoms with Crippen molar-refractivity contribution in [2.75, 3.05) is 6.54 Å². The van der Waals surface area contributed by atoms with E-state index in [4.69, 9.17) is 0 Å². The van der Waals surface area contributed by atoms with E-state index in [-0.39, 0.29) is 17.3 Å². The van der Waals surface area contributed by atoms with E-state index in [1.54, 1.807) is 18.2 Å². The van der Waals surface area contributed by atoms with E-state index in [2.05, 4.69) is 5.32 Å². The first kappa shape index (κ1) is 13.5. The van der Waals surface area contributed by atoms with E-state index in [1.165, 1.54) is 18.2 Å². The Balaban J connectivity index is 2.00. The van der Waals surface area contributed by atoms with Gasteiger partial charge in [0.2, 0.25) is 0 Å². The fourth-order valence-corrected chi connectivity index (χ4v) is 2.52. The Morgan fingerprint density at radius 3 is 2.71 bits per heavy atom. The van der Waals surface area contributed by atoms with Crippen LogP contribution in [0.15, 0.2) is 42.5 Å². The third-order valence-electron chi connectivity index (χ3n) is 3.61. The van der Waals surface area contributed by atoms with Crippen LogP contribution in [0.4, 0.5) is 4.39 Å². The molecule has 0 spiro atoms. The van der Waals surface area contributed by atoms with Crippen LogP contribution >= 0.6 is 0 Å². The minimum Gasteiger partial charge on any atom is -0.352 e. The molecule has 1 aliphatic rings. The number of aryl methyl sites for hydroxylation is 1. The lowest BCUT2D eigenvalue weighted by molar-refractivity contribution is 0.0956. The number of nitrogens with one attached hydrogen (secondary N) is 1. The van der Waals surface area contributed by atoms with Crippen LogP contribution < -0.4 is 5.32 Å². The van der Waals surface area contributed by atoms with E-state index in [1.807, 2.05) is 6.07 Å². The van der Waals surface area contributed by atoms with Crippen molar-refractivity contribution >= 4 is 11.7 Å². The third-order valence-corrected chi connectivity index (χ3v) is 3.61. The topological polar surface area (TPSA) is 46.2 Å². The molecule has 1 N–H and O–H groups in total. The summed E-state index contributed by atoms with van der Waals surface area (Å²) in [5, 5.41) is 2.81. The van der Waals surface area contributed by atoms with Gasteiger partial charge in [0.15, 0.2) is 5.78 Å². The van der Waals surface area contributed by atoms with Crippen LogP contribution in [-0.4, -0.2) is 18.2 Å². The summed E-state index contributed by atoms with van der Waals surface area (Å²) in [4.78, 5) is 24.4. The first-order chi connectivity index (χ1) is 10.1. The minimum absolute atomic E-state index is 0.156. The van der Waals surface area contributed by atoms with E-state index in [0.29, 0.717) is 17.7 Å². The Morgan fingerprint density at radius 1 is 1.10 bits per heavy atom. The van der Waals surface area contributed by atoms with Crippen LogP contribution in [-0.2, 0) is 6.42 Å². The second-order valence-corrected chi connectivity index (χ2v) is 5.07. The molecule has 0 radical (unpaired) electrons. The van der Waals surface area contributed by atoms with Gasteiger partial charge >= 0.3 is 0 Å². The fraction of sp³-hybridized carbons (Fsp3) is 0.176. The Hall–Kier alpha value is -2.49. The Labute approximate surface area is 121 Å². The Bertz CT molecular complexity index is 724. The van der Waals surface area contributed by atoms with Gasteiger partial charge in [0.1, 0.15) is 5.82 Å². The van der Waals surface area contributed by atoms with Crippen LogP contribution in [0.25, 0.3) is 0 Å². The molecule has 0 aliphatic carbocycles. The summed E-state index contributed by atoms with van der Waals surface area (Å²) in [5.74, 6) is -0.890. The van der Waals surface area contributed by atoms with Gasteiger partial charge < -0.3 is 5.32 Å². The molecule has 1 heterocycles. The number of hydrogen-bond donors (Lipinski definition) is 1. The number of amides is 1. The van der Waals surface area contributed by atoms with Crippen molar-refractivity contribution in [1.29, 1.82) is 0 Å². The van der Waals surface area contributed by atoms with Crippen LogP contribution in [0.5, 0.6) is 0 Å². The molecule has 21 heavy (non-hydrogen) atoms. The smallest absolute Gasteiger partial charge is 0.251 e. The minimum atomic E-state index is -0.451. The molecule has 0 saturated carbocycles. The van der Waals surface area contributed by atoms with Crippen molar-refractivity contribution in [1.82, 2.24) is 5.32 Å². The summed E-state index contributed by atoms with van der Waals surface area (Å²) < 4.78 is 13.2. The van der Waals surface area contributed by atoms with Crippen molar-refractivity contribution in [3.05, 3.63) is 70.5 Å². The normalized spacial score (nSPS) is 14.0. The lowest BCUT2D eigenvalue weighted by Gasteiger charge is -2.07. The predicted octanol–water partition coefficient (Wildman–Crippen LogP) is 2.73. The number of benzene rings is 2. The lowest BCUT2D eigenvalue weighted by atomic mass is 9.96. The zero-order valence-electron chi connectivity index (χ0n) is 11.4.